The summed E-state index contributed by atoms with van der Waals surface area (Å²) in [7, 11) is 4.55. The van der Waals surface area contributed by atoms with E-state index in [9.17, 15) is 9.59 Å². The molecule has 0 unspecified atom stereocenters. The summed E-state index contributed by atoms with van der Waals surface area (Å²) in [5.74, 6) is 2.39. The summed E-state index contributed by atoms with van der Waals surface area (Å²) in [4.78, 5) is 27.3. The average molecular weight is 407 g/mol. The van der Waals surface area contributed by atoms with Crippen molar-refractivity contribution in [3.05, 3.63) is 51.0 Å². The second-order valence-electron chi connectivity index (χ2n) is 6.80. The first-order chi connectivity index (χ1) is 14.5. The van der Waals surface area contributed by atoms with Gasteiger partial charge in [-0.3, -0.25) is 14.6 Å². The minimum Gasteiger partial charge on any atom is -0.493 e. The van der Waals surface area contributed by atoms with E-state index in [4.69, 9.17) is 23.7 Å². The molecule has 2 heterocycles. The summed E-state index contributed by atoms with van der Waals surface area (Å²) in [5, 5.41) is 2.78. The predicted octanol–water partition coefficient (Wildman–Crippen LogP) is 2.90. The van der Waals surface area contributed by atoms with Crippen LogP contribution in [0.1, 0.15) is 0 Å². The van der Waals surface area contributed by atoms with Crippen molar-refractivity contribution in [2.75, 3.05) is 28.1 Å². The molecule has 1 aliphatic carbocycles. The van der Waals surface area contributed by atoms with E-state index >= 15 is 0 Å². The van der Waals surface area contributed by atoms with E-state index in [0.29, 0.717) is 39.5 Å². The Kier molecular flexibility index (Phi) is 3.95. The van der Waals surface area contributed by atoms with Crippen LogP contribution in [0.5, 0.6) is 28.7 Å². The van der Waals surface area contributed by atoms with Gasteiger partial charge >= 0.3 is 0 Å². The number of fused-ring (bicyclic) bond motifs is 5. The molecule has 0 fully saturated rings. The van der Waals surface area contributed by atoms with Crippen molar-refractivity contribution in [2.45, 2.75) is 0 Å². The summed E-state index contributed by atoms with van der Waals surface area (Å²) in [6.07, 6.45) is 0. The molecule has 152 valence electrons. The molecule has 0 spiro atoms. The minimum absolute atomic E-state index is 0.110. The number of benzene rings is 2. The highest BCUT2D eigenvalue weighted by Gasteiger charge is 2.22. The van der Waals surface area contributed by atoms with Gasteiger partial charge in [0, 0.05) is 5.39 Å². The predicted molar refractivity (Wildman–Crippen MR) is 111 cm³/mol. The summed E-state index contributed by atoms with van der Waals surface area (Å²) in [5.41, 5.74) is -0.423. The van der Waals surface area contributed by atoms with Gasteiger partial charge in [0.1, 0.15) is 0 Å². The Labute approximate surface area is 169 Å². The van der Waals surface area contributed by atoms with Crippen LogP contribution in [-0.4, -0.2) is 33.1 Å². The molecule has 2 aromatic rings. The second-order valence-corrected chi connectivity index (χ2v) is 6.80. The normalized spacial score (nSPS) is 12.5. The lowest BCUT2D eigenvalue weighted by Gasteiger charge is -2.15. The number of ether oxygens (including phenoxy) is 5. The van der Waals surface area contributed by atoms with Gasteiger partial charge in [-0.15, -0.1) is 0 Å². The highest BCUT2D eigenvalue weighted by atomic mass is 16.7. The molecular weight excluding hydrogens is 390 g/mol. The van der Waals surface area contributed by atoms with E-state index in [-0.39, 0.29) is 17.9 Å². The third-order valence-corrected chi connectivity index (χ3v) is 5.30. The zero-order chi connectivity index (χ0) is 21.0. The number of H-pyrrole nitrogens is 1. The van der Waals surface area contributed by atoms with Crippen LogP contribution in [0.2, 0.25) is 0 Å². The Morgan fingerprint density at radius 3 is 2.07 bits per heavy atom. The zero-order valence-corrected chi connectivity index (χ0v) is 16.5. The summed E-state index contributed by atoms with van der Waals surface area (Å²) < 4.78 is 27.7. The highest BCUT2D eigenvalue weighted by molar-refractivity contribution is 6.11. The van der Waals surface area contributed by atoms with Crippen LogP contribution in [0.3, 0.4) is 0 Å². The molecule has 0 atom stereocenters. The van der Waals surface area contributed by atoms with Gasteiger partial charge in [-0.25, -0.2) is 0 Å². The van der Waals surface area contributed by atoms with Crippen molar-refractivity contribution in [3.8, 4) is 39.9 Å². The lowest BCUT2D eigenvalue weighted by molar-refractivity contribution is 0.174. The van der Waals surface area contributed by atoms with Gasteiger partial charge in [-0.2, -0.15) is 0 Å². The molecule has 1 N–H and O–H groups in total. The van der Waals surface area contributed by atoms with Gasteiger partial charge in [0.25, 0.3) is 11.1 Å². The molecule has 2 aromatic carbocycles. The monoisotopic (exact) mass is 407 g/mol. The Hall–Kier alpha value is -3.94. The molecule has 0 saturated heterocycles. The molecule has 2 aliphatic heterocycles. The van der Waals surface area contributed by atoms with Gasteiger partial charge in [0.05, 0.1) is 32.5 Å². The zero-order valence-electron chi connectivity index (χ0n) is 16.5. The first-order valence-corrected chi connectivity index (χ1v) is 9.12. The molecule has 0 amide bonds. The first-order valence-electron chi connectivity index (χ1n) is 9.12. The van der Waals surface area contributed by atoms with Crippen LogP contribution >= 0.6 is 0 Å². The molecule has 8 heteroatoms. The van der Waals surface area contributed by atoms with E-state index in [2.05, 4.69) is 4.98 Å². The van der Waals surface area contributed by atoms with Gasteiger partial charge in [-0.1, -0.05) is 0 Å². The molecule has 8 nitrogen and oxygen atoms in total. The fraction of sp³-hybridized carbons (Fsp3) is 0.182. The maximum absolute atomic E-state index is 12.5. The van der Waals surface area contributed by atoms with E-state index in [1.54, 1.807) is 18.2 Å². The van der Waals surface area contributed by atoms with Crippen LogP contribution in [0.25, 0.3) is 32.7 Å². The van der Waals surface area contributed by atoms with Crippen molar-refractivity contribution < 1.29 is 23.7 Å². The molecule has 0 bridgehead atoms. The Balaban J connectivity index is 2.11. The average Bonchev–Trinajstić information content (AvgIpc) is 3.29. The molecule has 0 saturated carbocycles. The number of hydrogen-bond donors (Lipinski definition) is 1. The minimum atomic E-state index is -0.474. The van der Waals surface area contributed by atoms with Crippen molar-refractivity contribution in [3.63, 3.8) is 0 Å². The van der Waals surface area contributed by atoms with Crippen molar-refractivity contribution >= 4 is 21.5 Å². The Bertz CT molecular complexity index is 1420. The number of hydrogen-bond acceptors (Lipinski definition) is 7. The van der Waals surface area contributed by atoms with Gasteiger partial charge < -0.3 is 23.7 Å². The number of rotatable bonds is 3. The number of methoxy groups -OCH3 is 3. The third kappa shape index (κ3) is 2.46. The topological polar surface area (TPSA) is 96.1 Å². The number of aromatic nitrogens is 1. The molecule has 3 aliphatic rings. The summed E-state index contributed by atoms with van der Waals surface area (Å²) >= 11 is 0. The standard InChI is InChI=1S/C22H17NO7/c1-26-18-8-12-11-7-17-16(29-9-30-17)5-10(11)4-14-15(22(25)23-21(14)24)6-13(12)19(27-2)20(18)28-3/h4-8H,9H2,1-3H3,(H,23,24,25). The fourth-order valence-corrected chi connectivity index (χ4v) is 3.92. The highest BCUT2D eigenvalue weighted by Crippen LogP contribution is 2.46. The molecular formula is C22H17NO7. The van der Waals surface area contributed by atoms with E-state index in [1.165, 1.54) is 21.3 Å². The van der Waals surface area contributed by atoms with Crippen LogP contribution in [0, 0.1) is 0 Å². The van der Waals surface area contributed by atoms with Gasteiger partial charge in [-0.05, 0) is 46.5 Å². The molecule has 5 rings (SSSR count). The smallest absolute Gasteiger partial charge is 0.258 e. The van der Waals surface area contributed by atoms with E-state index in [1.807, 2.05) is 12.1 Å². The second kappa shape index (κ2) is 6.55. The summed E-state index contributed by atoms with van der Waals surface area (Å²) in [6.45, 7) is 0.110. The van der Waals surface area contributed by atoms with E-state index in [0.717, 1.165) is 10.8 Å². The van der Waals surface area contributed by atoms with E-state index < -0.39 is 11.1 Å². The molecule has 0 radical (unpaired) electrons. The molecule has 0 aromatic heterocycles. The SMILES string of the molecule is COc1cc2c(cc3c(=O)[nH]c(=O)c-3cc3cc4c(cc32)OCO4)c(OC)c1OC. The maximum Gasteiger partial charge on any atom is 0.258 e. The van der Waals surface area contributed by atoms with Crippen LogP contribution < -0.4 is 34.8 Å². The maximum atomic E-state index is 12.5. The first kappa shape index (κ1) is 18.1. The van der Waals surface area contributed by atoms with Crippen LogP contribution in [0.4, 0.5) is 0 Å². The van der Waals surface area contributed by atoms with Crippen LogP contribution in [0.15, 0.2) is 39.9 Å². The number of aromatic amines is 1. The Morgan fingerprint density at radius 1 is 0.733 bits per heavy atom. The Morgan fingerprint density at radius 2 is 1.40 bits per heavy atom. The summed E-state index contributed by atoms with van der Waals surface area (Å²) in [6, 6.07) is 8.75. The van der Waals surface area contributed by atoms with Gasteiger partial charge in [0.2, 0.25) is 12.5 Å². The van der Waals surface area contributed by atoms with Crippen molar-refractivity contribution in [2.24, 2.45) is 0 Å². The lowest BCUT2D eigenvalue weighted by Crippen LogP contribution is -2.04. The molecule has 30 heavy (non-hydrogen) atoms. The quantitative estimate of drug-likeness (QED) is 0.558. The lowest BCUT2D eigenvalue weighted by atomic mass is 9.98. The fourth-order valence-electron chi connectivity index (χ4n) is 3.92. The largest absolute Gasteiger partial charge is 0.493 e. The van der Waals surface area contributed by atoms with Crippen LogP contribution in [-0.2, 0) is 0 Å². The van der Waals surface area contributed by atoms with Crippen molar-refractivity contribution in [1.29, 1.82) is 0 Å². The third-order valence-electron chi connectivity index (χ3n) is 5.30. The van der Waals surface area contributed by atoms with Gasteiger partial charge in [0.15, 0.2) is 23.0 Å². The van der Waals surface area contributed by atoms with Crippen molar-refractivity contribution in [1.82, 2.24) is 4.98 Å². The number of nitrogens with one attached hydrogen (secondary N) is 1.